The summed E-state index contributed by atoms with van der Waals surface area (Å²) in [5.41, 5.74) is 1.38. The van der Waals surface area contributed by atoms with Crippen LogP contribution >= 0.6 is 23.1 Å². The van der Waals surface area contributed by atoms with Gasteiger partial charge < -0.3 is 9.32 Å². The smallest absolute Gasteiger partial charge is 0.274 e. The van der Waals surface area contributed by atoms with Gasteiger partial charge in [-0.2, -0.15) is 5.10 Å². The van der Waals surface area contributed by atoms with Gasteiger partial charge in [-0.1, -0.05) is 6.07 Å². The van der Waals surface area contributed by atoms with Gasteiger partial charge in [0.1, 0.15) is 5.76 Å². The number of hydrogen-bond acceptors (Lipinski definition) is 5. The van der Waals surface area contributed by atoms with Gasteiger partial charge in [0, 0.05) is 18.8 Å². The third-order valence-corrected chi connectivity index (χ3v) is 6.26. The van der Waals surface area contributed by atoms with E-state index in [0.29, 0.717) is 10.9 Å². The average molecular weight is 359 g/mol. The normalized spacial score (nSPS) is 18.5. The van der Waals surface area contributed by atoms with Crippen LogP contribution in [0.1, 0.15) is 27.9 Å². The molecule has 1 atom stereocenters. The molecule has 0 aliphatic carbocycles. The fraction of sp³-hybridized carbons (Fsp3) is 0.294. The van der Waals surface area contributed by atoms with Gasteiger partial charge >= 0.3 is 0 Å². The van der Waals surface area contributed by atoms with Crippen LogP contribution in [-0.4, -0.2) is 39.8 Å². The zero-order chi connectivity index (χ0) is 16.4. The molecule has 5 nitrogen and oxygen atoms in total. The van der Waals surface area contributed by atoms with Crippen molar-refractivity contribution in [3.05, 3.63) is 53.4 Å². The molecule has 24 heavy (non-hydrogen) atoms. The zero-order valence-corrected chi connectivity index (χ0v) is 14.6. The highest BCUT2D eigenvalue weighted by Gasteiger charge is 2.25. The largest absolute Gasteiger partial charge is 0.468 e. The van der Waals surface area contributed by atoms with Crippen molar-refractivity contribution in [3.63, 3.8) is 0 Å². The molecule has 3 aromatic rings. The van der Waals surface area contributed by atoms with Crippen molar-refractivity contribution in [2.75, 3.05) is 18.8 Å². The van der Waals surface area contributed by atoms with Gasteiger partial charge in [-0.05, 0) is 36.1 Å². The third kappa shape index (κ3) is 3.14. The molecule has 0 radical (unpaired) electrons. The van der Waals surface area contributed by atoms with Gasteiger partial charge in [0.25, 0.3) is 5.91 Å². The van der Waals surface area contributed by atoms with Crippen LogP contribution in [0.5, 0.6) is 0 Å². The lowest BCUT2D eigenvalue weighted by atomic mass is 10.2. The lowest BCUT2D eigenvalue weighted by Gasteiger charge is -2.18. The van der Waals surface area contributed by atoms with Crippen molar-refractivity contribution >= 4 is 29.0 Å². The summed E-state index contributed by atoms with van der Waals surface area (Å²) >= 11 is 3.48. The molecule has 1 aliphatic heterocycles. The molecular weight excluding hydrogens is 342 g/mol. The number of hydrogen-bond donors (Lipinski definition) is 1. The highest BCUT2D eigenvalue weighted by Crippen LogP contribution is 2.34. The first kappa shape index (κ1) is 15.5. The summed E-state index contributed by atoms with van der Waals surface area (Å²) in [4.78, 5) is 15.7. The topological polar surface area (TPSA) is 62.1 Å². The Morgan fingerprint density at radius 2 is 2.29 bits per heavy atom. The summed E-state index contributed by atoms with van der Waals surface area (Å²) in [5.74, 6) is 1.89. The molecule has 1 N–H and O–H groups in total. The third-order valence-electron chi connectivity index (χ3n) is 4.07. The van der Waals surface area contributed by atoms with Crippen LogP contribution in [0.15, 0.2) is 46.4 Å². The van der Waals surface area contributed by atoms with Crippen molar-refractivity contribution in [1.29, 1.82) is 0 Å². The number of carbonyl (C=O) groups excluding carboxylic acids is 1. The van der Waals surface area contributed by atoms with E-state index in [1.165, 1.54) is 0 Å². The predicted octanol–water partition coefficient (Wildman–Crippen LogP) is 4.05. The molecule has 4 heterocycles. The van der Waals surface area contributed by atoms with Gasteiger partial charge in [0.2, 0.25) is 0 Å². The molecule has 0 aromatic carbocycles. The SMILES string of the molecule is O=C(c1cc(-c2cccs2)[nH]n1)N1CCSC(c2ccco2)CC1. The first-order valence-electron chi connectivity index (χ1n) is 7.85. The standard InChI is InChI=1S/C17H17N3O2S2/c21-17(13-11-12(18-19-13)15-4-2-9-23-15)20-6-5-16(24-10-7-20)14-3-1-8-22-14/h1-4,8-9,11,16H,5-7,10H2,(H,18,19). The Morgan fingerprint density at radius 1 is 1.33 bits per heavy atom. The first-order valence-corrected chi connectivity index (χ1v) is 9.77. The molecule has 7 heteroatoms. The van der Waals surface area contributed by atoms with Gasteiger partial charge in [0.05, 0.1) is 22.1 Å². The number of furan rings is 1. The maximum absolute atomic E-state index is 12.7. The molecule has 0 bridgehead atoms. The Balaban J connectivity index is 1.45. The molecule has 1 amide bonds. The molecular formula is C17H17N3O2S2. The van der Waals surface area contributed by atoms with E-state index in [2.05, 4.69) is 10.2 Å². The highest BCUT2D eigenvalue weighted by atomic mass is 32.2. The number of aromatic nitrogens is 2. The van der Waals surface area contributed by atoms with Crippen LogP contribution in [0.25, 0.3) is 10.6 Å². The Hall–Kier alpha value is -1.99. The van der Waals surface area contributed by atoms with Gasteiger partial charge in [-0.25, -0.2) is 0 Å². The summed E-state index contributed by atoms with van der Waals surface area (Å²) < 4.78 is 5.51. The number of carbonyl (C=O) groups is 1. The predicted molar refractivity (Wildman–Crippen MR) is 96.3 cm³/mol. The maximum atomic E-state index is 12.7. The minimum absolute atomic E-state index is 0.00486. The molecule has 1 aliphatic rings. The summed E-state index contributed by atoms with van der Waals surface area (Å²) in [5, 5.41) is 9.51. The highest BCUT2D eigenvalue weighted by molar-refractivity contribution is 7.99. The molecule has 0 saturated carbocycles. The van der Waals surface area contributed by atoms with Crippen LogP contribution in [0.4, 0.5) is 0 Å². The molecule has 4 rings (SSSR count). The van der Waals surface area contributed by atoms with Crippen LogP contribution in [0.3, 0.4) is 0 Å². The fourth-order valence-electron chi connectivity index (χ4n) is 2.83. The maximum Gasteiger partial charge on any atom is 0.274 e. The Morgan fingerprint density at radius 3 is 3.08 bits per heavy atom. The van der Waals surface area contributed by atoms with E-state index in [1.54, 1.807) is 17.6 Å². The van der Waals surface area contributed by atoms with E-state index in [4.69, 9.17) is 4.42 Å². The lowest BCUT2D eigenvalue weighted by Crippen LogP contribution is -2.33. The quantitative estimate of drug-likeness (QED) is 0.766. The number of nitrogens with zero attached hydrogens (tertiary/aromatic N) is 2. The number of nitrogens with one attached hydrogen (secondary N) is 1. The summed E-state index contributed by atoms with van der Waals surface area (Å²) in [7, 11) is 0. The van der Waals surface area contributed by atoms with E-state index in [0.717, 1.165) is 41.6 Å². The van der Waals surface area contributed by atoms with Crippen molar-refractivity contribution in [3.8, 4) is 10.6 Å². The van der Waals surface area contributed by atoms with E-state index in [-0.39, 0.29) is 5.91 Å². The van der Waals surface area contributed by atoms with E-state index < -0.39 is 0 Å². The first-order chi connectivity index (χ1) is 11.8. The minimum atomic E-state index is -0.00486. The molecule has 124 valence electrons. The van der Waals surface area contributed by atoms with Crippen molar-refractivity contribution in [1.82, 2.24) is 15.1 Å². The number of thioether (sulfide) groups is 1. The van der Waals surface area contributed by atoms with Crippen LogP contribution in [0.2, 0.25) is 0 Å². The Kier molecular flexibility index (Phi) is 4.44. The van der Waals surface area contributed by atoms with E-state index >= 15 is 0 Å². The van der Waals surface area contributed by atoms with Crippen LogP contribution in [0, 0.1) is 0 Å². The van der Waals surface area contributed by atoms with Gasteiger partial charge in [-0.3, -0.25) is 9.89 Å². The van der Waals surface area contributed by atoms with Crippen LogP contribution in [-0.2, 0) is 0 Å². The Bertz CT molecular complexity index is 796. The van der Waals surface area contributed by atoms with Crippen molar-refractivity contribution in [2.45, 2.75) is 11.7 Å². The summed E-state index contributed by atoms with van der Waals surface area (Å²) in [6.45, 7) is 1.46. The van der Waals surface area contributed by atoms with Gasteiger partial charge in [-0.15, -0.1) is 23.1 Å². The summed E-state index contributed by atoms with van der Waals surface area (Å²) in [6, 6.07) is 9.78. The average Bonchev–Trinajstić information content (AvgIpc) is 3.33. The molecule has 1 fully saturated rings. The number of aromatic amines is 1. The van der Waals surface area contributed by atoms with Crippen molar-refractivity contribution < 1.29 is 9.21 Å². The number of H-pyrrole nitrogens is 1. The van der Waals surface area contributed by atoms with Crippen LogP contribution < -0.4 is 0 Å². The summed E-state index contributed by atoms with van der Waals surface area (Å²) in [6.07, 6.45) is 2.60. The number of rotatable bonds is 3. The van der Waals surface area contributed by atoms with E-state index in [1.807, 2.05) is 52.4 Å². The number of thiophene rings is 1. The Labute approximate surface area is 148 Å². The monoisotopic (exact) mass is 359 g/mol. The number of amides is 1. The minimum Gasteiger partial charge on any atom is -0.468 e. The second-order valence-corrected chi connectivity index (χ2v) is 7.86. The molecule has 1 saturated heterocycles. The van der Waals surface area contributed by atoms with Crippen molar-refractivity contribution in [2.24, 2.45) is 0 Å². The second kappa shape index (κ2) is 6.86. The molecule has 1 unspecified atom stereocenters. The van der Waals surface area contributed by atoms with E-state index in [9.17, 15) is 4.79 Å². The second-order valence-electron chi connectivity index (χ2n) is 5.60. The fourth-order valence-corrected chi connectivity index (χ4v) is 4.70. The molecule has 0 spiro atoms. The molecule has 3 aromatic heterocycles. The van der Waals surface area contributed by atoms with Gasteiger partial charge in [0.15, 0.2) is 5.69 Å². The zero-order valence-electron chi connectivity index (χ0n) is 13.0. The lowest BCUT2D eigenvalue weighted by molar-refractivity contribution is 0.0760.